The van der Waals surface area contributed by atoms with Crippen LogP contribution in [0.1, 0.15) is 68.6 Å². The summed E-state index contributed by atoms with van der Waals surface area (Å²) in [5.74, 6) is 1.53. The summed E-state index contributed by atoms with van der Waals surface area (Å²) in [6.07, 6.45) is 11.0. The van der Waals surface area contributed by atoms with Crippen LogP contribution in [-0.4, -0.2) is 19.2 Å². The zero-order valence-electron chi connectivity index (χ0n) is 16.5. The third-order valence-corrected chi connectivity index (χ3v) is 6.71. The summed E-state index contributed by atoms with van der Waals surface area (Å²) in [5.41, 5.74) is 1.18. The molecule has 2 aromatic rings. The minimum atomic E-state index is -0.301. The van der Waals surface area contributed by atoms with Gasteiger partial charge in [0, 0.05) is 0 Å². The van der Waals surface area contributed by atoms with Crippen LogP contribution in [0.4, 0.5) is 0 Å². The Hall–Kier alpha value is -2.03. The third-order valence-electron chi connectivity index (χ3n) is 6.71. The fourth-order valence-corrected chi connectivity index (χ4v) is 5.28. The lowest BCUT2D eigenvalue weighted by Gasteiger charge is -2.45. The van der Waals surface area contributed by atoms with Gasteiger partial charge in [-0.3, -0.25) is 0 Å². The van der Waals surface area contributed by atoms with E-state index < -0.39 is 0 Å². The number of rotatable bonds is 3. The van der Waals surface area contributed by atoms with E-state index in [0.717, 1.165) is 22.4 Å². The third kappa shape index (κ3) is 3.97. The molecule has 1 atom stereocenters. The first-order chi connectivity index (χ1) is 13.1. The zero-order valence-corrected chi connectivity index (χ0v) is 16.5. The second-order valence-electron chi connectivity index (χ2n) is 8.73. The Bertz CT molecular complexity index is 817. The average Bonchev–Trinajstić information content (AvgIpc) is 2.69. The molecule has 27 heavy (non-hydrogen) atoms. The Balaban J connectivity index is 1.41. The summed E-state index contributed by atoms with van der Waals surface area (Å²) in [6.45, 7) is 2.42. The summed E-state index contributed by atoms with van der Waals surface area (Å²) in [6, 6.07) is 11.8. The van der Waals surface area contributed by atoms with Crippen molar-refractivity contribution in [2.75, 3.05) is 7.11 Å². The fraction of sp³-hybridized carbons (Fsp3) is 0.542. The Morgan fingerprint density at radius 2 is 1.74 bits per heavy atom. The summed E-state index contributed by atoms with van der Waals surface area (Å²) in [4.78, 5) is 11.7. The van der Waals surface area contributed by atoms with Crippen molar-refractivity contribution in [3.8, 4) is 5.75 Å². The van der Waals surface area contributed by atoms with Crippen LogP contribution in [0.25, 0.3) is 10.8 Å². The van der Waals surface area contributed by atoms with Crippen LogP contribution in [0.15, 0.2) is 36.4 Å². The summed E-state index contributed by atoms with van der Waals surface area (Å²) < 4.78 is 11.1. The van der Waals surface area contributed by atoms with E-state index in [1.807, 2.05) is 30.3 Å². The molecule has 0 radical (unpaired) electrons. The maximum atomic E-state index is 11.7. The predicted molar refractivity (Wildman–Crippen MR) is 108 cm³/mol. The van der Waals surface area contributed by atoms with Gasteiger partial charge in [-0.1, -0.05) is 31.9 Å². The standard InChI is InChI=1S/C24H30O3/c1-17-4-3-11-24(16-17)12-9-21(10-13-24)27-22-8-7-18-14-20(23(25)26-2)6-5-19(18)15-22/h5-8,14-15,17,21H,3-4,9-13,16H2,1-2H3. The normalized spacial score (nSPS) is 28.2. The van der Waals surface area contributed by atoms with Gasteiger partial charge < -0.3 is 9.47 Å². The van der Waals surface area contributed by atoms with Gasteiger partial charge in [-0.25, -0.2) is 4.79 Å². The second kappa shape index (κ2) is 7.53. The SMILES string of the molecule is COC(=O)c1ccc2cc(OC3CCC4(CCCC(C)C4)CC3)ccc2c1. The fourth-order valence-electron chi connectivity index (χ4n) is 5.28. The molecular formula is C24H30O3. The number of fused-ring (bicyclic) bond motifs is 1. The van der Waals surface area contributed by atoms with Crippen molar-refractivity contribution in [1.82, 2.24) is 0 Å². The van der Waals surface area contributed by atoms with Gasteiger partial charge in [0.1, 0.15) is 5.75 Å². The number of benzene rings is 2. The Labute approximate surface area is 162 Å². The van der Waals surface area contributed by atoms with Crippen LogP contribution < -0.4 is 4.74 Å². The zero-order chi connectivity index (χ0) is 18.9. The molecular weight excluding hydrogens is 336 g/mol. The number of ether oxygens (including phenoxy) is 2. The molecule has 2 aliphatic carbocycles. The molecule has 1 unspecified atom stereocenters. The number of carbonyl (C=O) groups excluding carboxylic acids is 1. The molecule has 4 rings (SSSR count). The van der Waals surface area contributed by atoms with E-state index in [2.05, 4.69) is 13.0 Å². The highest BCUT2D eigenvalue weighted by atomic mass is 16.5. The molecule has 2 aliphatic rings. The second-order valence-corrected chi connectivity index (χ2v) is 8.73. The van der Waals surface area contributed by atoms with E-state index in [4.69, 9.17) is 9.47 Å². The van der Waals surface area contributed by atoms with Gasteiger partial charge in [0.05, 0.1) is 18.8 Å². The van der Waals surface area contributed by atoms with Gasteiger partial charge in [-0.05, 0) is 84.9 Å². The van der Waals surface area contributed by atoms with Crippen LogP contribution >= 0.6 is 0 Å². The van der Waals surface area contributed by atoms with Crippen molar-refractivity contribution < 1.29 is 14.3 Å². The van der Waals surface area contributed by atoms with Crippen LogP contribution in [0, 0.1) is 11.3 Å². The van der Waals surface area contributed by atoms with E-state index in [-0.39, 0.29) is 5.97 Å². The van der Waals surface area contributed by atoms with Gasteiger partial charge in [0.2, 0.25) is 0 Å². The largest absolute Gasteiger partial charge is 0.490 e. The molecule has 144 valence electrons. The van der Waals surface area contributed by atoms with Crippen LogP contribution in [0.3, 0.4) is 0 Å². The Morgan fingerprint density at radius 3 is 2.48 bits per heavy atom. The first kappa shape index (κ1) is 18.3. The molecule has 3 heteroatoms. The number of hydrogen-bond acceptors (Lipinski definition) is 3. The van der Waals surface area contributed by atoms with E-state index in [1.165, 1.54) is 58.5 Å². The summed E-state index contributed by atoms with van der Waals surface area (Å²) >= 11 is 0. The van der Waals surface area contributed by atoms with E-state index in [1.54, 1.807) is 0 Å². The molecule has 2 saturated carbocycles. The molecule has 0 amide bonds. The number of carbonyl (C=O) groups is 1. The smallest absolute Gasteiger partial charge is 0.337 e. The molecule has 0 aromatic heterocycles. The van der Waals surface area contributed by atoms with Gasteiger partial charge in [-0.2, -0.15) is 0 Å². The van der Waals surface area contributed by atoms with Gasteiger partial charge >= 0.3 is 5.97 Å². The molecule has 0 saturated heterocycles. The molecule has 0 heterocycles. The highest BCUT2D eigenvalue weighted by molar-refractivity contribution is 5.95. The molecule has 2 aromatic carbocycles. The monoisotopic (exact) mass is 366 g/mol. The number of methoxy groups -OCH3 is 1. The maximum Gasteiger partial charge on any atom is 0.337 e. The highest BCUT2D eigenvalue weighted by Crippen LogP contribution is 2.49. The molecule has 1 spiro atoms. The first-order valence-electron chi connectivity index (χ1n) is 10.4. The van der Waals surface area contributed by atoms with Crippen molar-refractivity contribution in [2.24, 2.45) is 11.3 Å². The lowest BCUT2D eigenvalue weighted by Crippen LogP contribution is -2.35. The molecule has 0 bridgehead atoms. The first-order valence-corrected chi connectivity index (χ1v) is 10.4. The molecule has 0 N–H and O–H groups in total. The topological polar surface area (TPSA) is 35.5 Å². The van der Waals surface area contributed by atoms with E-state index in [0.29, 0.717) is 17.1 Å². The number of hydrogen-bond donors (Lipinski definition) is 0. The maximum absolute atomic E-state index is 11.7. The van der Waals surface area contributed by atoms with Gasteiger partial charge in [-0.15, -0.1) is 0 Å². The Morgan fingerprint density at radius 1 is 1.00 bits per heavy atom. The van der Waals surface area contributed by atoms with Crippen molar-refractivity contribution in [2.45, 2.75) is 64.4 Å². The summed E-state index contributed by atoms with van der Waals surface area (Å²) in [7, 11) is 1.41. The van der Waals surface area contributed by atoms with E-state index in [9.17, 15) is 4.79 Å². The molecule has 3 nitrogen and oxygen atoms in total. The number of esters is 1. The van der Waals surface area contributed by atoms with Crippen molar-refractivity contribution in [3.05, 3.63) is 42.0 Å². The average molecular weight is 367 g/mol. The quantitative estimate of drug-likeness (QED) is 0.612. The highest BCUT2D eigenvalue weighted by Gasteiger charge is 2.38. The van der Waals surface area contributed by atoms with Crippen molar-refractivity contribution >= 4 is 16.7 Å². The van der Waals surface area contributed by atoms with Gasteiger partial charge in [0.15, 0.2) is 0 Å². The van der Waals surface area contributed by atoms with Crippen LogP contribution in [0.2, 0.25) is 0 Å². The van der Waals surface area contributed by atoms with Crippen LogP contribution in [0.5, 0.6) is 5.75 Å². The van der Waals surface area contributed by atoms with Crippen LogP contribution in [-0.2, 0) is 4.74 Å². The lowest BCUT2D eigenvalue weighted by atomic mass is 9.62. The minimum Gasteiger partial charge on any atom is -0.490 e. The molecule has 0 aliphatic heterocycles. The van der Waals surface area contributed by atoms with Crippen molar-refractivity contribution in [1.29, 1.82) is 0 Å². The van der Waals surface area contributed by atoms with E-state index >= 15 is 0 Å². The molecule has 2 fully saturated rings. The predicted octanol–water partition coefficient (Wildman–Crippen LogP) is 6.14. The summed E-state index contributed by atoms with van der Waals surface area (Å²) in [5, 5.41) is 2.12. The van der Waals surface area contributed by atoms with Gasteiger partial charge in [0.25, 0.3) is 0 Å². The minimum absolute atomic E-state index is 0.301. The lowest BCUT2D eigenvalue weighted by molar-refractivity contribution is 0.0374. The Kier molecular flexibility index (Phi) is 5.12. The van der Waals surface area contributed by atoms with Crippen molar-refractivity contribution in [3.63, 3.8) is 0 Å².